The molecule has 0 saturated heterocycles. The third-order valence-corrected chi connectivity index (χ3v) is 4.14. The second-order valence-corrected chi connectivity index (χ2v) is 5.89. The number of para-hydroxylation sites is 2. The molecule has 0 atom stereocenters. The van der Waals surface area contributed by atoms with Gasteiger partial charge in [0, 0.05) is 10.6 Å². The van der Waals surface area contributed by atoms with Crippen LogP contribution in [0.4, 0.5) is 5.69 Å². The first-order valence-corrected chi connectivity index (χ1v) is 7.95. The number of H-pyrrole nitrogens is 1. The Morgan fingerprint density at radius 1 is 1.17 bits per heavy atom. The summed E-state index contributed by atoms with van der Waals surface area (Å²) in [6.45, 7) is 0.972. The van der Waals surface area contributed by atoms with Gasteiger partial charge in [-0.3, -0.25) is 9.89 Å². The number of halogens is 1. The summed E-state index contributed by atoms with van der Waals surface area (Å²) >= 11 is 6.02. The summed E-state index contributed by atoms with van der Waals surface area (Å²) in [5, 5.41) is 7.69. The van der Waals surface area contributed by atoms with Gasteiger partial charge in [0.25, 0.3) is 5.91 Å². The monoisotopic (exact) mass is 339 g/mol. The van der Waals surface area contributed by atoms with E-state index < -0.39 is 0 Å². The molecule has 2 heterocycles. The lowest BCUT2D eigenvalue weighted by Crippen LogP contribution is -2.38. The van der Waals surface area contributed by atoms with Crippen molar-refractivity contribution in [2.75, 3.05) is 18.1 Å². The SMILES string of the molecule is O=C(c1cc(-c2cccc(Cl)c2)n[nH]1)N1CCOc2ccccc21. The molecule has 0 aliphatic carbocycles. The van der Waals surface area contributed by atoms with Crippen LogP contribution in [-0.4, -0.2) is 29.3 Å². The van der Waals surface area contributed by atoms with Crippen molar-refractivity contribution in [1.29, 1.82) is 0 Å². The zero-order valence-corrected chi connectivity index (χ0v) is 13.5. The number of aromatic amines is 1. The molecule has 120 valence electrons. The number of carbonyl (C=O) groups excluding carboxylic acids is 1. The van der Waals surface area contributed by atoms with E-state index in [1.807, 2.05) is 42.5 Å². The molecular weight excluding hydrogens is 326 g/mol. The van der Waals surface area contributed by atoms with Gasteiger partial charge in [-0.25, -0.2) is 0 Å². The van der Waals surface area contributed by atoms with Crippen LogP contribution in [0.25, 0.3) is 11.3 Å². The van der Waals surface area contributed by atoms with Crippen LogP contribution in [0.2, 0.25) is 5.02 Å². The van der Waals surface area contributed by atoms with E-state index >= 15 is 0 Å². The highest BCUT2D eigenvalue weighted by atomic mass is 35.5. The third kappa shape index (κ3) is 2.63. The molecule has 1 aliphatic heterocycles. The molecule has 24 heavy (non-hydrogen) atoms. The number of rotatable bonds is 2. The summed E-state index contributed by atoms with van der Waals surface area (Å²) in [7, 11) is 0. The topological polar surface area (TPSA) is 58.2 Å². The van der Waals surface area contributed by atoms with Gasteiger partial charge in [-0.1, -0.05) is 35.9 Å². The van der Waals surface area contributed by atoms with Gasteiger partial charge in [0.1, 0.15) is 18.1 Å². The van der Waals surface area contributed by atoms with E-state index in [0.717, 1.165) is 11.3 Å². The summed E-state index contributed by atoms with van der Waals surface area (Å²) < 4.78 is 5.59. The van der Waals surface area contributed by atoms with Crippen molar-refractivity contribution in [2.45, 2.75) is 0 Å². The Balaban J connectivity index is 1.65. The Morgan fingerprint density at radius 2 is 2.04 bits per heavy atom. The first-order valence-electron chi connectivity index (χ1n) is 7.57. The molecule has 0 bridgehead atoms. The highest BCUT2D eigenvalue weighted by molar-refractivity contribution is 6.30. The summed E-state index contributed by atoms with van der Waals surface area (Å²) in [5.41, 5.74) is 2.75. The number of hydrogen-bond acceptors (Lipinski definition) is 3. The average Bonchev–Trinajstić information content (AvgIpc) is 3.11. The minimum absolute atomic E-state index is 0.133. The van der Waals surface area contributed by atoms with Crippen LogP contribution in [0, 0.1) is 0 Å². The molecule has 1 aliphatic rings. The van der Waals surface area contributed by atoms with E-state index in [-0.39, 0.29) is 5.91 Å². The minimum Gasteiger partial charge on any atom is -0.490 e. The highest BCUT2D eigenvalue weighted by Crippen LogP contribution is 2.32. The second kappa shape index (κ2) is 6.02. The number of aromatic nitrogens is 2. The molecule has 2 aromatic carbocycles. The summed E-state index contributed by atoms with van der Waals surface area (Å²) in [5.74, 6) is 0.582. The van der Waals surface area contributed by atoms with Crippen LogP contribution in [0.5, 0.6) is 5.75 Å². The highest BCUT2D eigenvalue weighted by Gasteiger charge is 2.25. The number of hydrogen-bond donors (Lipinski definition) is 1. The molecule has 1 amide bonds. The molecule has 0 unspecified atom stereocenters. The maximum absolute atomic E-state index is 12.8. The van der Waals surface area contributed by atoms with Crippen molar-refractivity contribution in [3.8, 4) is 17.0 Å². The lowest BCUT2D eigenvalue weighted by Gasteiger charge is -2.28. The Hall–Kier alpha value is -2.79. The van der Waals surface area contributed by atoms with E-state index in [2.05, 4.69) is 10.2 Å². The first-order chi connectivity index (χ1) is 11.7. The first kappa shape index (κ1) is 14.8. The van der Waals surface area contributed by atoms with Crippen LogP contribution in [0.1, 0.15) is 10.5 Å². The van der Waals surface area contributed by atoms with E-state index in [4.69, 9.17) is 16.3 Å². The van der Waals surface area contributed by atoms with Gasteiger partial charge in [-0.05, 0) is 30.3 Å². The fraction of sp³-hybridized carbons (Fsp3) is 0.111. The predicted octanol–water partition coefficient (Wildman–Crippen LogP) is 3.77. The molecule has 4 rings (SSSR count). The molecule has 5 nitrogen and oxygen atoms in total. The Bertz CT molecular complexity index is 907. The molecule has 6 heteroatoms. The maximum Gasteiger partial charge on any atom is 0.276 e. The van der Waals surface area contributed by atoms with Gasteiger partial charge in [0.2, 0.25) is 0 Å². The number of fused-ring (bicyclic) bond motifs is 1. The number of nitrogens with one attached hydrogen (secondary N) is 1. The molecule has 0 radical (unpaired) electrons. The lowest BCUT2D eigenvalue weighted by atomic mass is 10.1. The molecule has 1 aromatic heterocycles. The molecule has 1 N–H and O–H groups in total. The van der Waals surface area contributed by atoms with Crippen LogP contribution in [-0.2, 0) is 0 Å². The Morgan fingerprint density at radius 3 is 2.92 bits per heavy atom. The Labute approximate surface area is 143 Å². The average molecular weight is 340 g/mol. The largest absolute Gasteiger partial charge is 0.490 e. The van der Waals surface area contributed by atoms with Crippen LogP contribution in [0.3, 0.4) is 0 Å². The van der Waals surface area contributed by atoms with Gasteiger partial charge in [-0.2, -0.15) is 5.10 Å². The number of nitrogens with zero attached hydrogens (tertiary/aromatic N) is 2. The van der Waals surface area contributed by atoms with Crippen molar-refractivity contribution >= 4 is 23.2 Å². The lowest BCUT2D eigenvalue weighted by molar-refractivity contribution is 0.0972. The van der Waals surface area contributed by atoms with Crippen molar-refractivity contribution < 1.29 is 9.53 Å². The number of amides is 1. The zero-order valence-electron chi connectivity index (χ0n) is 12.7. The third-order valence-electron chi connectivity index (χ3n) is 3.90. The van der Waals surface area contributed by atoms with E-state index in [9.17, 15) is 4.79 Å². The van der Waals surface area contributed by atoms with Gasteiger partial charge in [-0.15, -0.1) is 0 Å². The van der Waals surface area contributed by atoms with Crippen molar-refractivity contribution in [3.63, 3.8) is 0 Å². The maximum atomic E-state index is 12.8. The summed E-state index contributed by atoms with van der Waals surface area (Å²) in [6, 6.07) is 16.6. The second-order valence-electron chi connectivity index (χ2n) is 5.45. The van der Waals surface area contributed by atoms with E-state index in [0.29, 0.717) is 35.3 Å². The van der Waals surface area contributed by atoms with E-state index in [1.54, 1.807) is 17.0 Å². The molecule has 0 fully saturated rings. The normalized spacial score (nSPS) is 13.3. The smallest absolute Gasteiger partial charge is 0.276 e. The number of carbonyl (C=O) groups is 1. The standard InChI is InChI=1S/C18H14ClN3O2/c19-13-5-3-4-12(10-13)14-11-15(21-20-14)18(23)22-8-9-24-17-7-2-1-6-16(17)22/h1-7,10-11H,8-9H2,(H,20,21). The predicted molar refractivity (Wildman–Crippen MR) is 92.6 cm³/mol. The van der Waals surface area contributed by atoms with Crippen molar-refractivity contribution in [2.24, 2.45) is 0 Å². The number of benzene rings is 2. The van der Waals surface area contributed by atoms with Crippen LogP contribution < -0.4 is 9.64 Å². The fourth-order valence-corrected chi connectivity index (χ4v) is 2.94. The molecule has 0 spiro atoms. The molecule has 0 saturated carbocycles. The summed E-state index contributed by atoms with van der Waals surface area (Å²) in [6.07, 6.45) is 0. The van der Waals surface area contributed by atoms with Gasteiger partial charge >= 0.3 is 0 Å². The number of ether oxygens (including phenoxy) is 1. The fourth-order valence-electron chi connectivity index (χ4n) is 2.75. The van der Waals surface area contributed by atoms with Gasteiger partial charge in [0.05, 0.1) is 17.9 Å². The van der Waals surface area contributed by atoms with Crippen LogP contribution >= 0.6 is 11.6 Å². The van der Waals surface area contributed by atoms with Gasteiger partial charge < -0.3 is 9.64 Å². The summed E-state index contributed by atoms with van der Waals surface area (Å²) in [4.78, 5) is 14.5. The Kier molecular flexibility index (Phi) is 3.70. The molecular formula is C18H14ClN3O2. The van der Waals surface area contributed by atoms with Crippen molar-refractivity contribution in [3.05, 3.63) is 65.3 Å². The minimum atomic E-state index is -0.133. The van der Waals surface area contributed by atoms with E-state index in [1.165, 1.54) is 0 Å². The number of anilines is 1. The van der Waals surface area contributed by atoms with Crippen molar-refractivity contribution in [1.82, 2.24) is 10.2 Å². The van der Waals surface area contributed by atoms with Crippen LogP contribution in [0.15, 0.2) is 54.6 Å². The zero-order chi connectivity index (χ0) is 16.5. The quantitative estimate of drug-likeness (QED) is 0.773. The molecule has 3 aromatic rings. The van der Waals surface area contributed by atoms with Gasteiger partial charge in [0.15, 0.2) is 0 Å².